The molecule has 1 aliphatic heterocycles. The van der Waals surface area contributed by atoms with Crippen LogP contribution in [0.4, 0.5) is 4.79 Å². The molecule has 1 fully saturated rings. The topological polar surface area (TPSA) is 54.3 Å². The van der Waals surface area contributed by atoms with Crippen molar-refractivity contribution in [1.29, 1.82) is 0 Å². The van der Waals surface area contributed by atoms with Gasteiger partial charge >= 0.3 is 6.03 Å². The van der Waals surface area contributed by atoms with Gasteiger partial charge < -0.3 is 9.88 Å². The van der Waals surface area contributed by atoms with E-state index in [1.165, 1.54) is 8.47 Å². The van der Waals surface area contributed by atoms with Gasteiger partial charge in [0.2, 0.25) is 0 Å². The van der Waals surface area contributed by atoms with Gasteiger partial charge in [0.05, 0.1) is 6.54 Å². The summed E-state index contributed by atoms with van der Waals surface area (Å²) in [4.78, 5) is 26.5. The first-order valence-corrected chi connectivity index (χ1v) is 10.8. The quantitative estimate of drug-likeness (QED) is 0.301. The van der Waals surface area contributed by atoms with E-state index in [4.69, 9.17) is 0 Å². The van der Waals surface area contributed by atoms with Crippen LogP contribution < -0.4 is 5.32 Å². The molecule has 0 spiro atoms. The van der Waals surface area contributed by atoms with Crippen LogP contribution in [0.2, 0.25) is 0 Å². The standard InChI is InChI=1S/C24H22IN3O2/c1-15-4-6-18(7-5-15)14-27-23(29)22(26-24(27)30)13-19-12-16(2)28(17(19)3)21-10-8-20(25)9-11-21/h4-13H,14H2,1-3H3,(H,26,30)/b22-13-. The number of carbonyl (C=O) groups is 2. The zero-order chi connectivity index (χ0) is 21.4. The molecule has 2 heterocycles. The van der Waals surface area contributed by atoms with Crippen molar-refractivity contribution in [1.82, 2.24) is 14.8 Å². The molecule has 0 aliphatic carbocycles. The smallest absolute Gasteiger partial charge is 0.318 e. The molecule has 0 saturated carbocycles. The van der Waals surface area contributed by atoms with Crippen molar-refractivity contribution in [2.75, 3.05) is 0 Å². The largest absolute Gasteiger partial charge is 0.329 e. The first kappa shape index (κ1) is 20.4. The lowest BCUT2D eigenvalue weighted by Crippen LogP contribution is -2.30. The summed E-state index contributed by atoms with van der Waals surface area (Å²) >= 11 is 2.29. The summed E-state index contributed by atoms with van der Waals surface area (Å²) in [6, 6.07) is 17.7. The number of urea groups is 1. The van der Waals surface area contributed by atoms with Gasteiger partial charge in [-0.25, -0.2) is 4.79 Å². The van der Waals surface area contributed by atoms with E-state index in [1.54, 1.807) is 6.08 Å². The molecule has 3 aromatic rings. The number of nitrogens with one attached hydrogen (secondary N) is 1. The van der Waals surface area contributed by atoms with E-state index in [-0.39, 0.29) is 12.5 Å². The molecule has 30 heavy (non-hydrogen) atoms. The lowest BCUT2D eigenvalue weighted by Gasteiger charge is -2.11. The minimum absolute atomic E-state index is 0.254. The number of carbonyl (C=O) groups excluding carboxylic acids is 2. The Bertz CT molecular complexity index is 1160. The average molecular weight is 511 g/mol. The summed E-state index contributed by atoms with van der Waals surface area (Å²) in [5.41, 5.74) is 6.41. The van der Waals surface area contributed by atoms with Gasteiger partial charge in [-0.05, 0) is 90.9 Å². The van der Waals surface area contributed by atoms with Crippen molar-refractivity contribution >= 4 is 40.6 Å². The third-order valence-electron chi connectivity index (χ3n) is 5.28. The first-order chi connectivity index (χ1) is 14.3. The zero-order valence-corrected chi connectivity index (χ0v) is 19.2. The van der Waals surface area contributed by atoms with Gasteiger partial charge in [0.1, 0.15) is 5.70 Å². The molecule has 1 saturated heterocycles. The van der Waals surface area contributed by atoms with E-state index in [2.05, 4.69) is 56.7 Å². The van der Waals surface area contributed by atoms with Crippen molar-refractivity contribution in [2.24, 2.45) is 0 Å². The molecule has 0 radical (unpaired) electrons. The maximum Gasteiger partial charge on any atom is 0.329 e. The molecule has 0 bridgehead atoms. The van der Waals surface area contributed by atoms with Crippen LogP contribution in [-0.4, -0.2) is 21.4 Å². The van der Waals surface area contributed by atoms with Crippen LogP contribution in [0, 0.1) is 24.3 Å². The van der Waals surface area contributed by atoms with Crippen LogP contribution in [0.1, 0.15) is 28.1 Å². The van der Waals surface area contributed by atoms with Crippen molar-refractivity contribution in [2.45, 2.75) is 27.3 Å². The number of hydrogen-bond acceptors (Lipinski definition) is 2. The Balaban J connectivity index is 1.61. The minimum Gasteiger partial charge on any atom is -0.318 e. The Kier molecular flexibility index (Phi) is 5.51. The maximum atomic E-state index is 12.9. The summed E-state index contributed by atoms with van der Waals surface area (Å²) in [6.45, 7) is 6.31. The van der Waals surface area contributed by atoms with Crippen LogP contribution in [0.5, 0.6) is 0 Å². The molecule has 1 N–H and O–H groups in total. The van der Waals surface area contributed by atoms with Gasteiger partial charge in [0.15, 0.2) is 0 Å². The molecule has 6 heteroatoms. The molecule has 0 unspecified atom stereocenters. The van der Waals surface area contributed by atoms with Gasteiger partial charge in [0.25, 0.3) is 5.91 Å². The number of halogens is 1. The van der Waals surface area contributed by atoms with Gasteiger partial charge in [-0.1, -0.05) is 29.8 Å². The molecule has 3 amide bonds. The molecule has 1 aliphatic rings. The molecule has 1 aromatic heterocycles. The van der Waals surface area contributed by atoms with E-state index >= 15 is 0 Å². The molecule has 4 rings (SSSR count). The van der Waals surface area contributed by atoms with Crippen LogP contribution in [0.3, 0.4) is 0 Å². The fraction of sp³-hybridized carbons (Fsp3) is 0.167. The third kappa shape index (κ3) is 3.92. The number of aryl methyl sites for hydroxylation is 2. The Labute approximate surface area is 189 Å². The van der Waals surface area contributed by atoms with Crippen LogP contribution in [0.15, 0.2) is 60.3 Å². The normalized spacial score (nSPS) is 15.2. The highest BCUT2D eigenvalue weighted by Gasteiger charge is 2.33. The van der Waals surface area contributed by atoms with Crippen molar-refractivity contribution < 1.29 is 9.59 Å². The summed E-state index contributed by atoms with van der Waals surface area (Å²) in [6.07, 6.45) is 1.76. The lowest BCUT2D eigenvalue weighted by atomic mass is 10.1. The molecule has 2 aromatic carbocycles. The predicted octanol–water partition coefficient (Wildman–Crippen LogP) is 5.10. The van der Waals surface area contributed by atoms with Crippen molar-refractivity contribution in [3.8, 4) is 5.69 Å². The third-order valence-corrected chi connectivity index (χ3v) is 6.00. The number of imide groups is 1. The fourth-order valence-electron chi connectivity index (χ4n) is 3.67. The van der Waals surface area contributed by atoms with Gasteiger partial charge in [-0.2, -0.15) is 0 Å². The second-order valence-electron chi connectivity index (χ2n) is 7.50. The number of benzene rings is 2. The highest BCUT2D eigenvalue weighted by molar-refractivity contribution is 14.1. The number of hydrogen-bond donors (Lipinski definition) is 1. The number of aromatic nitrogens is 1. The van der Waals surface area contributed by atoms with Crippen LogP contribution >= 0.6 is 22.6 Å². The van der Waals surface area contributed by atoms with Gasteiger partial charge in [-0.3, -0.25) is 9.69 Å². The van der Waals surface area contributed by atoms with Crippen LogP contribution in [-0.2, 0) is 11.3 Å². The summed E-state index contributed by atoms with van der Waals surface area (Å²) in [5, 5.41) is 2.73. The Morgan fingerprint density at radius 1 is 0.967 bits per heavy atom. The van der Waals surface area contributed by atoms with Gasteiger partial charge in [0, 0.05) is 20.6 Å². The van der Waals surface area contributed by atoms with Crippen molar-refractivity contribution in [3.05, 3.63) is 91.9 Å². The molecule has 152 valence electrons. The Hall–Kier alpha value is -2.87. The van der Waals surface area contributed by atoms with E-state index in [1.807, 2.05) is 51.1 Å². The highest BCUT2D eigenvalue weighted by Crippen LogP contribution is 2.25. The second kappa shape index (κ2) is 8.10. The fourth-order valence-corrected chi connectivity index (χ4v) is 4.03. The summed E-state index contributed by atoms with van der Waals surface area (Å²) in [5.74, 6) is -0.306. The lowest BCUT2D eigenvalue weighted by molar-refractivity contribution is -0.123. The van der Waals surface area contributed by atoms with Gasteiger partial charge in [-0.15, -0.1) is 0 Å². The SMILES string of the molecule is Cc1ccc(CN2C(=O)N/C(=C\c3cc(C)n(-c4ccc(I)cc4)c3C)C2=O)cc1. The average Bonchev–Trinajstić information content (AvgIpc) is 3.14. The number of rotatable bonds is 4. The predicted molar refractivity (Wildman–Crippen MR) is 126 cm³/mol. The van der Waals surface area contributed by atoms with E-state index in [9.17, 15) is 9.59 Å². The Morgan fingerprint density at radius 2 is 1.63 bits per heavy atom. The van der Waals surface area contributed by atoms with Crippen molar-refractivity contribution in [3.63, 3.8) is 0 Å². The number of nitrogens with zero attached hydrogens (tertiary/aromatic N) is 2. The monoisotopic (exact) mass is 511 g/mol. The number of amides is 3. The molecular formula is C24H22IN3O2. The minimum atomic E-state index is -0.390. The summed E-state index contributed by atoms with van der Waals surface area (Å²) < 4.78 is 3.32. The first-order valence-electron chi connectivity index (χ1n) is 9.68. The zero-order valence-electron chi connectivity index (χ0n) is 17.1. The molecule has 0 atom stereocenters. The molecular weight excluding hydrogens is 489 g/mol. The second-order valence-corrected chi connectivity index (χ2v) is 8.75. The van der Waals surface area contributed by atoms with E-state index < -0.39 is 6.03 Å². The maximum absolute atomic E-state index is 12.9. The van der Waals surface area contributed by atoms with Crippen LogP contribution in [0.25, 0.3) is 11.8 Å². The highest BCUT2D eigenvalue weighted by atomic mass is 127. The molecule has 5 nitrogen and oxygen atoms in total. The van der Waals surface area contributed by atoms with E-state index in [0.29, 0.717) is 5.70 Å². The Morgan fingerprint density at radius 3 is 2.30 bits per heavy atom. The van der Waals surface area contributed by atoms with E-state index in [0.717, 1.165) is 33.8 Å². The summed E-state index contributed by atoms with van der Waals surface area (Å²) in [7, 11) is 0.